The van der Waals surface area contributed by atoms with Crippen LogP contribution in [-0.4, -0.2) is 23.7 Å². The van der Waals surface area contributed by atoms with Gasteiger partial charge in [0.2, 0.25) is 0 Å². The highest BCUT2D eigenvalue weighted by Crippen LogP contribution is 2.12. The summed E-state index contributed by atoms with van der Waals surface area (Å²) in [5, 5.41) is 11.4. The van der Waals surface area contributed by atoms with E-state index in [1.54, 1.807) is 6.92 Å². The number of aliphatic hydroxyl groups is 1. The Morgan fingerprint density at radius 2 is 2.33 bits per heavy atom. The lowest BCUT2D eigenvalue weighted by Crippen LogP contribution is -2.31. The first-order valence-electron chi connectivity index (χ1n) is 4.52. The number of rotatable bonds is 3. The van der Waals surface area contributed by atoms with E-state index in [1.165, 1.54) is 6.07 Å². The highest BCUT2D eigenvalue weighted by Gasteiger charge is 2.10. The molecule has 15 heavy (non-hydrogen) atoms. The Hall–Kier alpha value is -1.62. The molecule has 0 saturated heterocycles. The molecule has 1 aromatic carbocycles. The molecular weight excluding hydrogens is 199 g/mol. The van der Waals surface area contributed by atoms with Gasteiger partial charge >= 0.3 is 0 Å². The van der Waals surface area contributed by atoms with E-state index >= 15 is 0 Å². The van der Waals surface area contributed by atoms with Crippen LogP contribution < -0.4 is 11.1 Å². The van der Waals surface area contributed by atoms with Gasteiger partial charge in [-0.2, -0.15) is 0 Å². The van der Waals surface area contributed by atoms with E-state index in [1.807, 2.05) is 0 Å². The Bertz CT molecular complexity index is 366. The van der Waals surface area contributed by atoms with Crippen molar-refractivity contribution in [2.24, 2.45) is 0 Å². The van der Waals surface area contributed by atoms with Crippen molar-refractivity contribution in [1.29, 1.82) is 0 Å². The molecular formula is C10H13FN2O2. The summed E-state index contributed by atoms with van der Waals surface area (Å²) in [6, 6.07) is 3.55. The lowest BCUT2D eigenvalue weighted by molar-refractivity contribution is 0.0925. The minimum atomic E-state index is -0.629. The number of halogens is 1. The minimum Gasteiger partial charge on any atom is -0.398 e. The zero-order valence-electron chi connectivity index (χ0n) is 8.33. The second-order valence-corrected chi connectivity index (χ2v) is 3.29. The van der Waals surface area contributed by atoms with E-state index < -0.39 is 17.8 Å². The number of nitrogens with one attached hydrogen (secondary N) is 1. The third kappa shape index (κ3) is 3.21. The SMILES string of the molecule is C[C@@H](O)CNC(=O)c1ccc(F)cc1N. The number of carbonyl (C=O) groups excluding carboxylic acids is 1. The molecule has 0 aliphatic carbocycles. The number of hydrogen-bond acceptors (Lipinski definition) is 3. The number of hydrogen-bond donors (Lipinski definition) is 3. The van der Waals surface area contributed by atoms with Crippen molar-refractivity contribution in [1.82, 2.24) is 5.32 Å². The summed E-state index contributed by atoms with van der Waals surface area (Å²) in [5.74, 6) is -0.909. The summed E-state index contributed by atoms with van der Waals surface area (Å²) in [5.41, 5.74) is 5.75. The topological polar surface area (TPSA) is 75.3 Å². The molecule has 82 valence electrons. The molecule has 1 atom stereocenters. The van der Waals surface area contributed by atoms with Crippen molar-refractivity contribution < 1.29 is 14.3 Å². The minimum absolute atomic E-state index is 0.0816. The first-order chi connectivity index (χ1) is 7.00. The summed E-state index contributed by atoms with van der Waals surface area (Å²) in [7, 11) is 0. The van der Waals surface area contributed by atoms with Crippen LogP contribution in [0.15, 0.2) is 18.2 Å². The van der Waals surface area contributed by atoms with Gasteiger partial charge in [-0.05, 0) is 25.1 Å². The van der Waals surface area contributed by atoms with Crippen LogP contribution in [0.2, 0.25) is 0 Å². The van der Waals surface area contributed by atoms with Gasteiger partial charge in [0.1, 0.15) is 5.82 Å². The standard InChI is InChI=1S/C10H13FN2O2/c1-6(14)5-13-10(15)8-3-2-7(11)4-9(8)12/h2-4,6,14H,5,12H2,1H3,(H,13,15)/t6-/m1/s1. The zero-order valence-corrected chi connectivity index (χ0v) is 8.33. The third-order valence-corrected chi connectivity index (χ3v) is 1.82. The van der Waals surface area contributed by atoms with Crippen molar-refractivity contribution in [3.63, 3.8) is 0 Å². The number of aliphatic hydroxyl groups excluding tert-OH is 1. The predicted molar refractivity (Wildman–Crippen MR) is 54.8 cm³/mol. The van der Waals surface area contributed by atoms with Crippen molar-refractivity contribution in [2.75, 3.05) is 12.3 Å². The fraction of sp³-hybridized carbons (Fsp3) is 0.300. The first kappa shape index (κ1) is 11.5. The Balaban J connectivity index is 2.74. The number of anilines is 1. The molecule has 0 spiro atoms. The van der Waals surface area contributed by atoms with Gasteiger partial charge in [-0.15, -0.1) is 0 Å². The molecule has 0 bridgehead atoms. The molecule has 0 heterocycles. The van der Waals surface area contributed by atoms with E-state index in [0.717, 1.165) is 12.1 Å². The van der Waals surface area contributed by atoms with Gasteiger partial charge in [0, 0.05) is 12.2 Å². The highest BCUT2D eigenvalue weighted by molar-refractivity contribution is 5.99. The fourth-order valence-corrected chi connectivity index (χ4v) is 1.08. The molecule has 0 radical (unpaired) electrons. The number of amides is 1. The Morgan fingerprint density at radius 3 is 2.87 bits per heavy atom. The summed E-state index contributed by atoms with van der Waals surface area (Å²) in [4.78, 5) is 11.5. The summed E-state index contributed by atoms with van der Waals surface area (Å²) in [6.45, 7) is 1.68. The van der Waals surface area contributed by atoms with Crippen LogP contribution in [0.25, 0.3) is 0 Å². The van der Waals surface area contributed by atoms with Crippen LogP contribution in [0.3, 0.4) is 0 Å². The molecule has 1 aromatic rings. The van der Waals surface area contributed by atoms with Gasteiger partial charge in [0.05, 0.1) is 11.7 Å². The lowest BCUT2D eigenvalue weighted by atomic mass is 10.1. The summed E-state index contributed by atoms with van der Waals surface area (Å²) < 4.78 is 12.7. The number of carbonyl (C=O) groups is 1. The van der Waals surface area contributed by atoms with Gasteiger partial charge in [0.15, 0.2) is 0 Å². The average Bonchev–Trinajstić information content (AvgIpc) is 2.14. The predicted octanol–water partition coefficient (Wildman–Crippen LogP) is 0.519. The van der Waals surface area contributed by atoms with Crippen molar-refractivity contribution in [3.05, 3.63) is 29.6 Å². The molecule has 0 saturated carbocycles. The second kappa shape index (κ2) is 4.75. The smallest absolute Gasteiger partial charge is 0.253 e. The Morgan fingerprint density at radius 1 is 1.67 bits per heavy atom. The highest BCUT2D eigenvalue weighted by atomic mass is 19.1. The Labute approximate surface area is 86.9 Å². The monoisotopic (exact) mass is 212 g/mol. The van der Waals surface area contributed by atoms with E-state index in [2.05, 4.69) is 5.32 Å². The quantitative estimate of drug-likeness (QED) is 0.639. The van der Waals surface area contributed by atoms with Gasteiger partial charge in [-0.1, -0.05) is 0 Å². The molecule has 1 rings (SSSR count). The molecule has 0 fully saturated rings. The maximum Gasteiger partial charge on any atom is 0.253 e. The lowest BCUT2D eigenvalue weighted by Gasteiger charge is -2.08. The average molecular weight is 212 g/mol. The van der Waals surface area contributed by atoms with Crippen LogP contribution in [0, 0.1) is 5.82 Å². The zero-order chi connectivity index (χ0) is 11.4. The third-order valence-electron chi connectivity index (χ3n) is 1.82. The van der Waals surface area contributed by atoms with Gasteiger partial charge in [-0.25, -0.2) is 4.39 Å². The molecule has 0 aliphatic rings. The molecule has 0 aliphatic heterocycles. The van der Waals surface area contributed by atoms with E-state index in [4.69, 9.17) is 10.8 Å². The van der Waals surface area contributed by atoms with Gasteiger partial charge in [-0.3, -0.25) is 4.79 Å². The molecule has 4 N–H and O–H groups in total. The van der Waals surface area contributed by atoms with Crippen LogP contribution >= 0.6 is 0 Å². The maximum absolute atomic E-state index is 12.7. The Kier molecular flexibility index (Phi) is 3.62. The first-order valence-corrected chi connectivity index (χ1v) is 4.52. The van der Waals surface area contributed by atoms with Crippen LogP contribution in [0.5, 0.6) is 0 Å². The van der Waals surface area contributed by atoms with E-state index in [0.29, 0.717) is 0 Å². The van der Waals surface area contributed by atoms with E-state index in [9.17, 15) is 9.18 Å². The van der Waals surface area contributed by atoms with Gasteiger partial charge < -0.3 is 16.2 Å². The van der Waals surface area contributed by atoms with Crippen LogP contribution in [-0.2, 0) is 0 Å². The largest absolute Gasteiger partial charge is 0.398 e. The number of benzene rings is 1. The summed E-state index contributed by atoms with van der Waals surface area (Å²) in [6.07, 6.45) is -0.629. The number of nitrogens with two attached hydrogens (primary N) is 1. The fourth-order valence-electron chi connectivity index (χ4n) is 1.08. The second-order valence-electron chi connectivity index (χ2n) is 3.29. The van der Waals surface area contributed by atoms with Gasteiger partial charge in [0.25, 0.3) is 5.91 Å². The van der Waals surface area contributed by atoms with Crippen molar-refractivity contribution >= 4 is 11.6 Å². The molecule has 5 heteroatoms. The maximum atomic E-state index is 12.7. The number of nitrogen functional groups attached to an aromatic ring is 1. The molecule has 0 unspecified atom stereocenters. The summed E-state index contributed by atoms with van der Waals surface area (Å²) >= 11 is 0. The van der Waals surface area contributed by atoms with Crippen LogP contribution in [0.1, 0.15) is 17.3 Å². The van der Waals surface area contributed by atoms with Crippen molar-refractivity contribution in [2.45, 2.75) is 13.0 Å². The molecule has 1 amide bonds. The molecule has 0 aromatic heterocycles. The van der Waals surface area contributed by atoms with E-state index in [-0.39, 0.29) is 17.8 Å². The van der Waals surface area contributed by atoms with Crippen molar-refractivity contribution in [3.8, 4) is 0 Å². The normalized spacial score (nSPS) is 12.2. The van der Waals surface area contributed by atoms with Crippen LogP contribution in [0.4, 0.5) is 10.1 Å². The molecule has 4 nitrogen and oxygen atoms in total.